The zero-order valence-electron chi connectivity index (χ0n) is 16.6. The number of aromatic nitrogens is 2. The summed E-state index contributed by atoms with van der Waals surface area (Å²) in [6.45, 7) is 2.70. The number of rotatable bonds is 7. The molecular formula is C22H22N4O3. The van der Waals surface area contributed by atoms with Gasteiger partial charge in [-0.3, -0.25) is 9.36 Å². The van der Waals surface area contributed by atoms with Gasteiger partial charge in [-0.05, 0) is 31.0 Å². The number of amides is 1. The number of imidazole rings is 1. The van der Waals surface area contributed by atoms with Crippen LogP contribution < -0.4 is 20.1 Å². The van der Waals surface area contributed by atoms with Gasteiger partial charge >= 0.3 is 0 Å². The molecule has 2 rings (SSSR count). The molecule has 7 heteroatoms. The van der Waals surface area contributed by atoms with Gasteiger partial charge in [0.15, 0.2) is 28.8 Å². The second-order valence-electron chi connectivity index (χ2n) is 5.66. The Labute approximate surface area is 170 Å². The highest BCUT2D eigenvalue weighted by atomic mass is 16.5. The molecule has 7 nitrogen and oxygen atoms in total. The van der Waals surface area contributed by atoms with Gasteiger partial charge in [0.2, 0.25) is 0 Å². The Bertz CT molecular complexity index is 1030. The third-order valence-electron chi connectivity index (χ3n) is 3.83. The number of benzene rings is 1. The molecule has 0 aliphatic carbocycles. The van der Waals surface area contributed by atoms with Gasteiger partial charge in [-0.1, -0.05) is 17.8 Å². The molecule has 0 atom stereocenters. The maximum absolute atomic E-state index is 12.6. The third-order valence-corrected chi connectivity index (χ3v) is 3.83. The molecule has 1 amide bonds. The van der Waals surface area contributed by atoms with E-state index in [2.05, 4.69) is 39.3 Å². The SMILES string of the molecule is C#CCNC(=O)c1c(NCC)nc(C#Cc2ccc(OC)c(OC)c2)n1CC#C. The summed E-state index contributed by atoms with van der Waals surface area (Å²) in [5, 5.41) is 5.70. The maximum atomic E-state index is 12.6. The van der Waals surface area contributed by atoms with Crippen LogP contribution in [-0.2, 0) is 6.54 Å². The number of terminal acetylenes is 2. The Morgan fingerprint density at radius 3 is 2.55 bits per heavy atom. The van der Waals surface area contributed by atoms with Crippen LogP contribution >= 0.6 is 0 Å². The predicted molar refractivity (Wildman–Crippen MR) is 112 cm³/mol. The molecule has 29 heavy (non-hydrogen) atoms. The Kier molecular flexibility index (Phi) is 7.59. The number of hydrogen-bond acceptors (Lipinski definition) is 5. The number of carbonyl (C=O) groups is 1. The maximum Gasteiger partial charge on any atom is 0.272 e. The minimum atomic E-state index is -0.374. The lowest BCUT2D eigenvalue weighted by atomic mass is 10.2. The van der Waals surface area contributed by atoms with E-state index in [1.807, 2.05) is 6.92 Å². The van der Waals surface area contributed by atoms with Crippen molar-refractivity contribution in [1.82, 2.24) is 14.9 Å². The molecule has 0 saturated heterocycles. The lowest BCUT2D eigenvalue weighted by Gasteiger charge is -2.08. The van der Waals surface area contributed by atoms with Crippen molar-refractivity contribution in [3.05, 3.63) is 35.3 Å². The second-order valence-corrected chi connectivity index (χ2v) is 5.66. The standard InChI is InChI=1S/C22H22N4O3/c1-6-13-24-22(27)20-21(23-8-3)25-19(26(20)14-7-2)12-10-16-9-11-17(28-4)18(15-16)29-5/h1-2,9,11,15,23H,8,13-14H2,3-5H3,(H,24,27). The van der Waals surface area contributed by atoms with E-state index in [9.17, 15) is 4.79 Å². The van der Waals surface area contributed by atoms with Crippen molar-refractivity contribution in [3.63, 3.8) is 0 Å². The Morgan fingerprint density at radius 2 is 1.93 bits per heavy atom. The third kappa shape index (κ3) is 5.03. The molecule has 2 aromatic rings. The molecule has 0 aliphatic heterocycles. The summed E-state index contributed by atoms with van der Waals surface area (Å²) in [6, 6.07) is 5.32. The molecular weight excluding hydrogens is 368 g/mol. The average Bonchev–Trinajstić information content (AvgIpc) is 3.07. The fourth-order valence-corrected chi connectivity index (χ4v) is 2.57. The van der Waals surface area contributed by atoms with Crippen LogP contribution in [0.25, 0.3) is 0 Å². The Morgan fingerprint density at radius 1 is 1.17 bits per heavy atom. The van der Waals surface area contributed by atoms with Crippen molar-refractivity contribution >= 4 is 11.7 Å². The molecule has 0 unspecified atom stereocenters. The predicted octanol–water partition coefficient (Wildman–Crippen LogP) is 1.73. The highest BCUT2D eigenvalue weighted by molar-refractivity contribution is 5.97. The number of methoxy groups -OCH3 is 2. The van der Waals surface area contributed by atoms with E-state index in [0.29, 0.717) is 35.2 Å². The van der Waals surface area contributed by atoms with Gasteiger partial charge in [0.05, 0.1) is 27.3 Å². The molecule has 0 aliphatic rings. The normalized spacial score (nSPS) is 9.41. The van der Waals surface area contributed by atoms with E-state index in [-0.39, 0.29) is 24.7 Å². The van der Waals surface area contributed by atoms with Gasteiger partial charge in [-0.25, -0.2) is 4.98 Å². The highest BCUT2D eigenvalue weighted by Crippen LogP contribution is 2.27. The van der Waals surface area contributed by atoms with Gasteiger partial charge in [0, 0.05) is 12.1 Å². The smallest absolute Gasteiger partial charge is 0.272 e. The second kappa shape index (κ2) is 10.3. The molecule has 0 radical (unpaired) electrons. The molecule has 0 bridgehead atoms. The minimum Gasteiger partial charge on any atom is -0.493 e. The van der Waals surface area contributed by atoms with Crippen LogP contribution in [0.5, 0.6) is 11.5 Å². The van der Waals surface area contributed by atoms with Crippen LogP contribution in [0, 0.1) is 36.5 Å². The van der Waals surface area contributed by atoms with E-state index >= 15 is 0 Å². The van der Waals surface area contributed by atoms with E-state index in [1.54, 1.807) is 37.0 Å². The van der Waals surface area contributed by atoms with Crippen molar-refractivity contribution < 1.29 is 14.3 Å². The lowest BCUT2D eigenvalue weighted by molar-refractivity contribution is 0.0951. The van der Waals surface area contributed by atoms with Crippen LogP contribution in [0.1, 0.15) is 28.8 Å². The Balaban J connectivity index is 2.51. The van der Waals surface area contributed by atoms with Crippen LogP contribution in [0.4, 0.5) is 5.82 Å². The van der Waals surface area contributed by atoms with Crippen molar-refractivity contribution in [2.75, 3.05) is 32.6 Å². The zero-order chi connectivity index (χ0) is 21.2. The lowest BCUT2D eigenvalue weighted by Crippen LogP contribution is -2.27. The minimum absolute atomic E-state index is 0.0955. The number of nitrogens with one attached hydrogen (secondary N) is 2. The first-order valence-corrected chi connectivity index (χ1v) is 8.83. The molecule has 1 aromatic heterocycles. The van der Waals surface area contributed by atoms with Gasteiger partial charge in [0.1, 0.15) is 0 Å². The summed E-state index contributed by atoms with van der Waals surface area (Å²) < 4.78 is 12.1. The summed E-state index contributed by atoms with van der Waals surface area (Å²) in [5.41, 5.74) is 0.984. The first-order valence-electron chi connectivity index (χ1n) is 8.83. The van der Waals surface area contributed by atoms with Crippen LogP contribution in [0.15, 0.2) is 18.2 Å². The van der Waals surface area contributed by atoms with Crippen molar-refractivity contribution in [3.8, 4) is 48.0 Å². The van der Waals surface area contributed by atoms with E-state index < -0.39 is 0 Å². The highest BCUT2D eigenvalue weighted by Gasteiger charge is 2.21. The fraction of sp³-hybridized carbons (Fsp3) is 0.273. The van der Waals surface area contributed by atoms with E-state index in [1.165, 1.54) is 0 Å². The van der Waals surface area contributed by atoms with Gasteiger partial charge in [0.25, 0.3) is 5.91 Å². The molecule has 0 fully saturated rings. The summed E-state index contributed by atoms with van der Waals surface area (Å²) in [7, 11) is 3.12. The molecule has 1 aromatic carbocycles. The summed E-state index contributed by atoms with van der Waals surface area (Å²) in [6.07, 6.45) is 10.7. The number of hydrogen-bond donors (Lipinski definition) is 2. The number of nitrogens with zero attached hydrogens (tertiary/aromatic N) is 2. The monoisotopic (exact) mass is 390 g/mol. The number of anilines is 1. The summed E-state index contributed by atoms with van der Waals surface area (Å²) in [4.78, 5) is 17.0. The summed E-state index contributed by atoms with van der Waals surface area (Å²) >= 11 is 0. The Hall–Kier alpha value is -4.02. The molecule has 148 valence electrons. The quantitative estimate of drug-likeness (QED) is 0.704. The van der Waals surface area contributed by atoms with Gasteiger partial charge < -0.3 is 20.1 Å². The van der Waals surface area contributed by atoms with Crippen molar-refractivity contribution in [2.24, 2.45) is 0 Å². The van der Waals surface area contributed by atoms with Gasteiger partial charge in [-0.2, -0.15) is 0 Å². The molecule has 0 spiro atoms. The molecule has 1 heterocycles. The summed E-state index contributed by atoms with van der Waals surface area (Å²) in [5.74, 6) is 12.5. The fourth-order valence-electron chi connectivity index (χ4n) is 2.57. The topological polar surface area (TPSA) is 77.4 Å². The van der Waals surface area contributed by atoms with Crippen molar-refractivity contribution in [1.29, 1.82) is 0 Å². The van der Waals surface area contributed by atoms with E-state index in [4.69, 9.17) is 22.3 Å². The van der Waals surface area contributed by atoms with Gasteiger partial charge in [-0.15, -0.1) is 12.8 Å². The number of ether oxygens (including phenoxy) is 2. The van der Waals surface area contributed by atoms with Crippen molar-refractivity contribution in [2.45, 2.75) is 13.5 Å². The van der Waals surface area contributed by atoms with E-state index in [0.717, 1.165) is 0 Å². The first-order chi connectivity index (χ1) is 14.1. The average molecular weight is 390 g/mol. The van der Waals surface area contributed by atoms with Crippen LogP contribution in [-0.4, -0.2) is 42.8 Å². The van der Waals surface area contributed by atoms with Crippen LogP contribution in [0.3, 0.4) is 0 Å². The zero-order valence-corrected chi connectivity index (χ0v) is 16.6. The number of carbonyl (C=O) groups excluding carboxylic acids is 1. The molecule has 0 saturated carbocycles. The largest absolute Gasteiger partial charge is 0.493 e. The van der Waals surface area contributed by atoms with Crippen LogP contribution in [0.2, 0.25) is 0 Å². The molecule has 2 N–H and O–H groups in total. The first kappa shape index (κ1) is 21.3.